The Morgan fingerprint density at radius 2 is 2.12 bits per heavy atom. The predicted molar refractivity (Wildman–Crippen MR) is 33.7 cm³/mol. The molecule has 0 saturated heterocycles. The van der Waals surface area contributed by atoms with Crippen LogP contribution in [0.25, 0.3) is 0 Å². The highest BCUT2D eigenvalue weighted by Crippen LogP contribution is 1.92. The third kappa shape index (κ3) is 4.06. The lowest BCUT2D eigenvalue weighted by molar-refractivity contribution is 0.313. The maximum atomic E-state index is 12.3. The summed E-state index contributed by atoms with van der Waals surface area (Å²) in [6, 6.07) is 0. The zero-order valence-electron chi connectivity index (χ0n) is 5.58. The molecule has 0 spiro atoms. The molecule has 0 saturated carbocycles. The van der Waals surface area contributed by atoms with Crippen LogP contribution in [0.2, 0.25) is 0 Å². The van der Waals surface area contributed by atoms with Crippen molar-refractivity contribution in [1.29, 1.82) is 0 Å². The summed E-state index contributed by atoms with van der Waals surface area (Å²) in [4.78, 5) is 0. The molecule has 50 valence electrons. The molecule has 1 N–H and O–H groups in total. The van der Waals surface area contributed by atoms with Gasteiger partial charge in [-0.15, -0.1) is 0 Å². The summed E-state index contributed by atoms with van der Waals surface area (Å²) in [7, 11) is 0. The first-order chi connectivity index (χ1) is 3.81. The van der Waals surface area contributed by atoms with Crippen molar-refractivity contribution < 1.29 is 4.39 Å². The summed E-state index contributed by atoms with van der Waals surface area (Å²) in [6.45, 7) is 5.19. The normalized spacial score (nSPS) is 13.9. The van der Waals surface area contributed by atoms with E-state index in [-0.39, 0.29) is 0 Å². The standard InChI is InChI=1S/C6H14FN/c1-3-6(7)5-8-4-2/h6,8H,3-5H2,1-2H3. The maximum Gasteiger partial charge on any atom is 0.112 e. The van der Waals surface area contributed by atoms with Crippen molar-refractivity contribution >= 4 is 0 Å². The largest absolute Gasteiger partial charge is 0.314 e. The van der Waals surface area contributed by atoms with E-state index in [2.05, 4.69) is 5.32 Å². The first-order valence-corrected chi connectivity index (χ1v) is 3.16. The molecule has 0 radical (unpaired) electrons. The van der Waals surface area contributed by atoms with Gasteiger partial charge >= 0.3 is 0 Å². The fourth-order valence-corrected chi connectivity index (χ4v) is 0.445. The highest BCUT2D eigenvalue weighted by Gasteiger charge is 1.98. The lowest BCUT2D eigenvalue weighted by Crippen LogP contribution is -2.22. The van der Waals surface area contributed by atoms with Crippen LogP contribution >= 0.6 is 0 Å². The van der Waals surface area contributed by atoms with Gasteiger partial charge in [-0.1, -0.05) is 13.8 Å². The third-order valence-corrected chi connectivity index (χ3v) is 1.06. The lowest BCUT2D eigenvalue weighted by atomic mass is 10.3. The van der Waals surface area contributed by atoms with Gasteiger partial charge in [-0.05, 0) is 13.0 Å². The van der Waals surface area contributed by atoms with Crippen LogP contribution < -0.4 is 5.32 Å². The molecule has 0 aliphatic rings. The second kappa shape index (κ2) is 5.04. The Balaban J connectivity index is 2.86. The Morgan fingerprint density at radius 3 is 2.50 bits per heavy atom. The van der Waals surface area contributed by atoms with Crippen LogP contribution in [-0.2, 0) is 0 Å². The van der Waals surface area contributed by atoms with Gasteiger partial charge in [-0.25, -0.2) is 4.39 Å². The zero-order chi connectivity index (χ0) is 6.41. The molecule has 0 bridgehead atoms. The number of alkyl halides is 1. The van der Waals surface area contributed by atoms with E-state index in [9.17, 15) is 4.39 Å². The number of hydrogen-bond acceptors (Lipinski definition) is 1. The number of hydrogen-bond donors (Lipinski definition) is 1. The lowest BCUT2D eigenvalue weighted by Gasteiger charge is -2.03. The van der Waals surface area contributed by atoms with E-state index >= 15 is 0 Å². The van der Waals surface area contributed by atoms with Crippen molar-refractivity contribution in [3.63, 3.8) is 0 Å². The van der Waals surface area contributed by atoms with Crippen LogP contribution in [0.4, 0.5) is 4.39 Å². The minimum atomic E-state index is -0.657. The van der Waals surface area contributed by atoms with Crippen molar-refractivity contribution in [2.24, 2.45) is 0 Å². The third-order valence-electron chi connectivity index (χ3n) is 1.06. The highest BCUT2D eigenvalue weighted by molar-refractivity contribution is 4.54. The van der Waals surface area contributed by atoms with E-state index in [1.54, 1.807) is 0 Å². The Morgan fingerprint density at radius 1 is 1.50 bits per heavy atom. The van der Waals surface area contributed by atoms with Crippen LogP contribution in [0.5, 0.6) is 0 Å². The van der Waals surface area contributed by atoms with Gasteiger partial charge in [0.15, 0.2) is 0 Å². The van der Waals surface area contributed by atoms with E-state index in [1.165, 1.54) is 0 Å². The number of rotatable bonds is 4. The average molecular weight is 119 g/mol. The molecule has 0 aromatic carbocycles. The quantitative estimate of drug-likeness (QED) is 0.589. The molecule has 0 aliphatic carbocycles. The van der Waals surface area contributed by atoms with Gasteiger partial charge in [0.25, 0.3) is 0 Å². The van der Waals surface area contributed by atoms with Crippen LogP contribution in [0, 0.1) is 0 Å². The first kappa shape index (κ1) is 7.89. The van der Waals surface area contributed by atoms with Crippen LogP contribution in [0.3, 0.4) is 0 Å². The van der Waals surface area contributed by atoms with Gasteiger partial charge in [0.05, 0.1) is 0 Å². The topological polar surface area (TPSA) is 12.0 Å². The summed E-state index contributed by atoms with van der Waals surface area (Å²) in [5.74, 6) is 0. The second-order valence-corrected chi connectivity index (χ2v) is 1.81. The van der Waals surface area contributed by atoms with Gasteiger partial charge in [-0.3, -0.25) is 0 Å². The molecule has 1 unspecified atom stereocenters. The fourth-order valence-electron chi connectivity index (χ4n) is 0.445. The van der Waals surface area contributed by atoms with E-state index in [0.29, 0.717) is 13.0 Å². The van der Waals surface area contributed by atoms with Gasteiger partial charge < -0.3 is 5.32 Å². The average Bonchev–Trinajstić information content (AvgIpc) is 1.83. The zero-order valence-corrected chi connectivity index (χ0v) is 5.58. The summed E-state index contributed by atoms with van der Waals surface area (Å²) in [5, 5.41) is 2.92. The molecule has 0 aromatic heterocycles. The number of nitrogens with one attached hydrogen (secondary N) is 1. The Bertz CT molecular complexity index is 47.8. The van der Waals surface area contributed by atoms with Gasteiger partial charge in [0.1, 0.15) is 6.17 Å². The molecule has 0 aromatic rings. The minimum Gasteiger partial charge on any atom is -0.314 e. The molecule has 0 heterocycles. The minimum absolute atomic E-state index is 0.507. The van der Waals surface area contributed by atoms with Crippen molar-refractivity contribution in [2.75, 3.05) is 13.1 Å². The van der Waals surface area contributed by atoms with Crippen molar-refractivity contribution in [2.45, 2.75) is 26.4 Å². The Hall–Kier alpha value is -0.110. The predicted octanol–water partition coefficient (Wildman–Crippen LogP) is 1.34. The molecular weight excluding hydrogens is 105 g/mol. The van der Waals surface area contributed by atoms with Crippen molar-refractivity contribution in [1.82, 2.24) is 5.32 Å². The molecule has 1 atom stereocenters. The van der Waals surface area contributed by atoms with Gasteiger partial charge in [-0.2, -0.15) is 0 Å². The Kier molecular flexibility index (Phi) is 4.97. The fraction of sp³-hybridized carbons (Fsp3) is 1.00. The molecule has 0 aliphatic heterocycles. The monoisotopic (exact) mass is 119 g/mol. The molecular formula is C6H14FN. The SMILES string of the molecule is CCNCC(F)CC. The van der Waals surface area contributed by atoms with Crippen LogP contribution in [0.15, 0.2) is 0 Å². The van der Waals surface area contributed by atoms with Crippen molar-refractivity contribution in [3.05, 3.63) is 0 Å². The summed E-state index contributed by atoms with van der Waals surface area (Å²) in [6.07, 6.45) is -0.0394. The first-order valence-electron chi connectivity index (χ1n) is 3.16. The molecule has 0 fully saturated rings. The molecule has 8 heavy (non-hydrogen) atoms. The van der Waals surface area contributed by atoms with E-state index in [1.807, 2.05) is 13.8 Å². The van der Waals surface area contributed by atoms with Crippen LogP contribution in [-0.4, -0.2) is 19.3 Å². The van der Waals surface area contributed by atoms with E-state index in [0.717, 1.165) is 6.54 Å². The van der Waals surface area contributed by atoms with E-state index in [4.69, 9.17) is 0 Å². The number of halogens is 1. The summed E-state index contributed by atoms with van der Waals surface area (Å²) >= 11 is 0. The highest BCUT2D eigenvalue weighted by atomic mass is 19.1. The van der Waals surface area contributed by atoms with Crippen LogP contribution in [0.1, 0.15) is 20.3 Å². The summed E-state index contributed by atoms with van der Waals surface area (Å²) < 4.78 is 12.3. The molecule has 2 heteroatoms. The smallest absolute Gasteiger partial charge is 0.112 e. The van der Waals surface area contributed by atoms with Crippen molar-refractivity contribution in [3.8, 4) is 0 Å². The van der Waals surface area contributed by atoms with Gasteiger partial charge in [0.2, 0.25) is 0 Å². The second-order valence-electron chi connectivity index (χ2n) is 1.81. The Labute approximate surface area is 50.3 Å². The van der Waals surface area contributed by atoms with Gasteiger partial charge in [0, 0.05) is 6.54 Å². The molecule has 0 rings (SSSR count). The summed E-state index contributed by atoms with van der Waals surface area (Å²) in [5.41, 5.74) is 0. The molecule has 1 nitrogen and oxygen atoms in total. The maximum absolute atomic E-state index is 12.3. The molecule has 0 amide bonds. The van der Waals surface area contributed by atoms with E-state index < -0.39 is 6.17 Å².